The summed E-state index contributed by atoms with van der Waals surface area (Å²) < 4.78 is 5.36. The van der Waals surface area contributed by atoms with Gasteiger partial charge in [0.2, 0.25) is 5.91 Å². The molecule has 0 saturated carbocycles. The molecule has 1 aliphatic heterocycles. The maximum Gasteiger partial charge on any atom is 0.261 e. The van der Waals surface area contributed by atoms with Gasteiger partial charge in [0.05, 0.1) is 18.0 Å². The molecule has 1 aromatic heterocycles. The number of amides is 2. The quantitative estimate of drug-likeness (QED) is 0.696. The van der Waals surface area contributed by atoms with Crippen molar-refractivity contribution in [3.63, 3.8) is 0 Å². The molecule has 128 valence electrons. The molecule has 1 aliphatic rings. The van der Waals surface area contributed by atoms with Crippen molar-refractivity contribution in [3.05, 3.63) is 21.9 Å². The second-order valence-electron chi connectivity index (χ2n) is 6.04. The van der Waals surface area contributed by atoms with Gasteiger partial charge in [0, 0.05) is 30.9 Å². The fourth-order valence-electron chi connectivity index (χ4n) is 2.80. The zero-order valence-electron chi connectivity index (χ0n) is 13.7. The summed E-state index contributed by atoms with van der Waals surface area (Å²) in [7, 11) is 1.71. The van der Waals surface area contributed by atoms with Gasteiger partial charge in [0.25, 0.3) is 5.91 Å². The Labute approximate surface area is 141 Å². The minimum absolute atomic E-state index is 0.0198. The largest absolute Gasteiger partial charge is 0.384 e. The van der Waals surface area contributed by atoms with Crippen LogP contribution in [-0.2, 0) is 16.1 Å². The number of carbonyl (C=O) groups excluding carboxylic acids is 2. The van der Waals surface area contributed by atoms with Crippen molar-refractivity contribution in [2.24, 2.45) is 5.41 Å². The summed E-state index contributed by atoms with van der Waals surface area (Å²) in [5.41, 5.74) is 0.0198. The average Bonchev–Trinajstić information content (AvgIpc) is 3.01. The first-order valence-corrected chi connectivity index (χ1v) is 8.67. The van der Waals surface area contributed by atoms with Gasteiger partial charge in [-0.05, 0) is 38.1 Å². The van der Waals surface area contributed by atoms with Gasteiger partial charge in [-0.25, -0.2) is 0 Å². The Morgan fingerprint density at radius 3 is 2.70 bits per heavy atom. The highest BCUT2D eigenvalue weighted by atomic mass is 32.1. The summed E-state index contributed by atoms with van der Waals surface area (Å²) in [6, 6.07) is 3.69. The number of hydrogen-bond acceptors (Lipinski definition) is 5. The number of thiophene rings is 1. The van der Waals surface area contributed by atoms with Crippen LogP contribution in [-0.4, -0.2) is 45.2 Å². The minimum Gasteiger partial charge on any atom is -0.384 e. The molecule has 0 spiro atoms. The third-order valence-corrected chi connectivity index (χ3v) is 5.22. The number of carbonyl (C=O) groups is 2. The van der Waals surface area contributed by atoms with E-state index in [1.165, 1.54) is 18.3 Å². The zero-order chi connectivity index (χ0) is 16.7. The monoisotopic (exact) mass is 339 g/mol. The Morgan fingerprint density at radius 1 is 1.30 bits per heavy atom. The van der Waals surface area contributed by atoms with Crippen LogP contribution in [0, 0.1) is 5.41 Å². The van der Waals surface area contributed by atoms with E-state index >= 15 is 0 Å². The van der Waals surface area contributed by atoms with Crippen LogP contribution in [0.2, 0.25) is 0 Å². The number of nitrogens with one attached hydrogen (secondary N) is 3. The van der Waals surface area contributed by atoms with Gasteiger partial charge in [-0.3, -0.25) is 9.59 Å². The zero-order valence-corrected chi connectivity index (χ0v) is 14.6. The summed E-state index contributed by atoms with van der Waals surface area (Å²) in [4.78, 5) is 24.9. The van der Waals surface area contributed by atoms with E-state index in [0.29, 0.717) is 24.6 Å². The number of hydrogen-bond donors (Lipinski definition) is 3. The van der Waals surface area contributed by atoms with Gasteiger partial charge in [0.1, 0.15) is 0 Å². The summed E-state index contributed by atoms with van der Waals surface area (Å²) >= 11 is 1.41. The molecule has 1 aromatic rings. The first-order chi connectivity index (χ1) is 11.0. The molecule has 1 saturated heterocycles. The molecule has 0 unspecified atom stereocenters. The van der Waals surface area contributed by atoms with Gasteiger partial charge in [0.15, 0.2) is 0 Å². The summed E-state index contributed by atoms with van der Waals surface area (Å²) in [6.45, 7) is 5.15. The van der Waals surface area contributed by atoms with E-state index in [-0.39, 0.29) is 17.2 Å². The van der Waals surface area contributed by atoms with Crippen molar-refractivity contribution in [1.82, 2.24) is 16.0 Å². The van der Waals surface area contributed by atoms with E-state index < -0.39 is 0 Å². The van der Waals surface area contributed by atoms with Crippen molar-refractivity contribution < 1.29 is 14.3 Å². The highest BCUT2D eigenvalue weighted by molar-refractivity contribution is 7.14. The molecule has 0 aromatic carbocycles. The highest BCUT2D eigenvalue weighted by Gasteiger charge is 2.32. The van der Waals surface area contributed by atoms with Crippen LogP contribution in [0.4, 0.5) is 0 Å². The third-order valence-electron chi connectivity index (χ3n) is 4.14. The topological polar surface area (TPSA) is 79.5 Å². The van der Waals surface area contributed by atoms with Crippen LogP contribution < -0.4 is 16.0 Å². The number of piperidine rings is 1. The molecule has 0 radical (unpaired) electrons. The SMILES string of the molecule is COCC1(CNC(=O)c2ccc(CNC(C)=O)s2)CCNCC1. The van der Waals surface area contributed by atoms with Crippen LogP contribution in [0.25, 0.3) is 0 Å². The lowest BCUT2D eigenvalue weighted by Gasteiger charge is -2.37. The molecule has 2 amide bonds. The van der Waals surface area contributed by atoms with Crippen molar-refractivity contribution in [2.45, 2.75) is 26.3 Å². The molecular weight excluding hydrogens is 314 g/mol. The van der Waals surface area contributed by atoms with E-state index in [1.807, 2.05) is 12.1 Å². The Hall–Kier alpha value is -1.44. The molecule has 2 rings (SSSR count). The van der Waals surface area contributed by atoms with Crippen LogP contribution in [0.15, 0.2) is 12.1 Å². The Morgan fingerprint density at radius 2 is 2.04 bits per heavy atom. The summed E-state index contributed by atoms with van der Waals surface area (Å²) in [5.74, 6) is -0.130. The van der Waals surface area contributed by atoms with Gasteiger partial charge in [-0.15, -0.1) is 11.3 Å². The van der Waals surface area contributed by atoms with E-state index in [1.54, 1.807) is 7.11 Å². The normalized spacial score (nSPS) is 16.8. The number of ether oxygens (including phenoxy) is 1. The van der Waals surface area contributed by atoms with Crippen molar-refractivity contribution in [2.75, 3.05) is 33.4 Å². The predicted molar refractivity (Wildman–Crippen MR) is 90.6 cm³/mol. The van der Waals surface area contributed by atoms with Crippen molar-refractivity contribution in [1.29, 1.82) is 0 Å². The minimum atomic E-state index is -0.0724. The second-order valence-corrected chi connectivity index (χ2v) is 7.21. The molecule has 6 nitrogen and oxygen atoms in total. The van der Waals surface area contributed by atoms with Crippen LogP contribution >= 0.6 is 11.3 Å². The Balaban J connectivity index is 1.89. The first kappa shape index (κ1) is 17.9. The lowest BCUT2D eigenvalue weighted by Crippen LogP contribution is -2.47. The smallest absolute Gasteiger partial charge is 0.261 e. The summed E-state index contributed by atoms with van der Waals surface area (Å²) in [5, 5.41) is 9.13. The van der Waals surface area contributed by atoms with E-state index in [4.69, 9.17) is 4.74 Å². The second kappa shape index (κ2) is 8.42. The first-order valence-electron chi connectivity index (χ1n) is 7.86. The van der Waals surface area contributed by atoms with Gasteiger partial charge in [-0.1, -0.05) is 0 Å². The molecule has 2 heterocycles. The van der Waals surface area contributed by atoms with Crippen molar-refractivity contribution in [3.8, 4) is 0 Å². The van der Waals surface area contributed by atoms with Crippen LogP contribution in [0.3, 0.4) is 0 Å². The molecule has 0 aliphatic carbocycles. The van der Waals surface area contributed by atoms with E-state index in [9.17, 15) is 9.59 Å². The molecule has 0 bridgehead atoms. The molecule has 7 heteroatoms. The average molecular weight is 339 g/mol. The Kier molecular flexibility index (Phi) is 6.56. The van der Waals surface area contributed by atoms with Crippen LogP contribution in [0.1, 0.15) is 34.3 Å². The lowest BCUT2D eigenvalue weighted by molar-refractivity contribution is -0.119. The van der Waals surface area contributed by atoms with Gasteiger partial charge >= 0.3 is 0 Å². The molecular formula is C16H25N3O3S. The molecule has 23 heavy (non-hydrogen) atoms. The van der Waals surface area contributed by atoms with Crippen LogP contribution in [0.5, 0.6) is 0 Å². The van der Waals surface area contributed by atoms with E-state index in [2.05, 4.69) is 16.0 Å². The molecule has 3 N–H and O–H groups in total. The standard InChI is InChI=1S/C16H25N3O3S/c1-12(20)18-9-13-3-4-14(23-13)15(21)19-10-16(11-22-2)5-7-17-8-6-16/h3-4,17H,5-11H2,1-2H3,(H,18,20)(H,19,21). The van der Waals surface area contributed by atoms with Gasteiger partial charge < -0.3 is 20.7 Å². The van der Waals surface area contributed by atoms with Crippen molar-refractivity contribution >= 4 is 23.2 Å². The molecule has 0 atom stereocenters. The summed E-state index contributed by atoms with van der Waals surface area (Å²) in [6.07, 6.45) is 2.00. The Bertz CT molecular complexity index is 533. The fraction of sp³-hybridized carbons (Fsp3) is 0.625. The number of methoxy groups -OCH3 is 1. The van der Waals surface area contributed by atoms with E-state index in [0.717, 1.165) is 30.8 Å². The maximum atomic E-state index is 12.3. The number of rotatable bonds is 7. The highest BCUT2D eigenvalue weighted by Crippen LogP contribution is 2.28. The lowest BCUT2D eigenvalue weighted by atomic mass is 9.79. The predicted octanol–water partition coefficient (Wildman–Crippen LogP) is 1.13. The maximum absolute atomic E-state index is 12.3. The molecule has 1 fully saturated rings. The van der Waals surface area contributed by atoms with Gasteiger partial charge in [-0.2, -0.15) is 0 Å². The fourth-order valence-corrected chi connectivity index (χ4v) is 3.66. The third kappa shape index (κ3) is 5.30.